The Labute approximate surface area is 140 Å². The second kappa shape index (κ2) is 7.05. The molecule has 1 aromatic heterocycles. The van der Waals surface area contributed by atoms with Crippen molar-refractivity contribution >= 4 is 6.08 Å². The molecule has 0 aliphatic heterocycles. The third-order valence-electron chi connectivity index (χ3n) is 3.30. The van der Waals surface area contributed by atoms with Crippen molar-refractivity contribution in [3.8, 4) is 11.4 Å². The summed E-state index contributed by atoms with van der Waals surface area (Å²) in [7, 11) is 0. The number of aromatic nitrogens is 2. The molecule has 0 aliphatic carbocycles. The van der Waals surface area contributed by atoms with Gasteiger partial charge in [-0.25, -0.2) is 4.79 Å². The van der Waals surface area contributed by atoms with Gasteiger partial charge in [0.05, 0.1) is 5.60 Å². The average molecular weight is 331 g/mol. The SMILES string of the molecule is CCC(OC(C)(C)C)[C@@](O)(N=C=O)c1nc(-c2ccccc2)no1. The third kappa shape index (κ3) is 3.94. The molecule has 1 unspecified atom stereocenters. The summed E-state index contributed by atoms with van der Waals surface area (Å²) >= 11 is 0. The van der Waals surface area contributed by atoms with Crippen LogP contribution in [0.25, 0.3) is 11.4 Å². The molecule has 2 atom stereocenters. The van der Waals surface area contributed by atoms with E-state index in [9.17, 15) is 9.90 Å². The Kier molecular flexibility index (Phi) is 5.29. The molecule has 7 nitrogen and oxygen atoms in total. The van der Waals surface area contributed by atoms with Crippen molar-refractivity contribution in [2.75, 3.05) is 0 Å². The van der Waals surface area contributed by atoms with Crippen molar-refractivity contribution in [2.24, 2.45) is 4.99 Å². The van der Waals surface area contributed by atoms with Gasteiger partial charge in [0, 0.05) is 5.56 Å². The van der Waals surface area contributed by atoms with Crippen LogP contribution in [0, 0.1) is 0 Å². The number of isocyanates is 1. The smallest absolute Gasteiger partial charge is 0.285 e. The van der Waals surface area contributed by atoms with Crippen LogP contribution in [0.4, 0.5) is 0 Å². The number of hydrogen-bond acceptors (Lipinski definition) is 7. The van der Waals surface area contributed by atoms with E-state index in [0.29, 0.717) is 6.42 Å². The Hall–Kier alpha value is -2.34. The summed E-state index contributed by atoms with van der Waals surface area (Å²) in [5.41, 5.74) is -1.94. The highest BCUT2D eigenvalue weighted by Crippen LogP contribution is 2.33. The van der Waals surface area contributed by atoms with Gasteiger partial charge in [-0.3, -0.25) is 0 Å². The fourth-order valence-electron chi connectivity index (χ4n) is 2.28. The molecule has 0 fully saturated rings. The molecule has 24 heavy (non-hydrogen) atoms. The Balaban J connectivity index is 2.43. The molecule has 0 bridgehead atoms. The van der Waals surface area contributed by atoms with Crippen LogP contribution in [0.1, 0.15) is 40.0 Å². The molecule has 1 N–H and O–H groups in total. The van der Waals surface area contributed by atoms with Crippen LogP contribution >= 0.6 is 0 Å². The average Bonchev–Trinajstić information content (AvgIpc) is 3.03. The van der Waals surface area contributed by atoms with E-state index in [4.69, 9.17) is 9.26 Å². The first-order chi connectivity index (χ1) is 11.3. The molecule has 7 heteroatoms. The summed E-state index contributed by atoms with van der Waals surface area (Å²) in [5.74, 6) is 0.0801. The van der Waals surface area contributed by atoms with Crippen molar-refractivity contribution in [3.63, 3.8) is 0 Å². The van der Waals surface area contributed by atoms with Gasteiger partial charge >= 0.3 is 0 Å². The predicted octanol–water partition coefficient (Wildman–Crippen LogP) is 2.81. The number of rotatable bonds is 6. The van der Waals surface area contributed by atoms with E-state index >= 15 is 0 Å². The minimum Gasteiger partial charge on any atom is -0.367 e. The van der Waals surface area contributed by atoms with E-state index in [1.807, 2.05) is 39.0 Å². The highest BCUT2D eigenvalue weighted by Gasteiger charge is 2.46. The van der Waals surface area contributed by atoms with Gasteiger partial charge in [0.25, 0.3) is 11.6 Å². The zero-order chi connectivity index (χ0) is 17.8. The maximum absolute atomic E-state index is 10.9. The molecule has 2 rings (SSSR count). The van der Waals surface area contributed by atoms with E-state index in [0.717, 1.165) is 5.56 Å². The first-order valence-corrected chi connectivity index (χ1v) is 7.69. The predicted molar refractivity (Wildman–Crippen MR) is 86.7 cm³/mol. The summed E-state index contributed by atoms with van der Waals surface area (Å²) < 4.78 is 11.0. The molecule has 1 aromatic carbocycles. The molecule has 0 saturated heterocycles. The Morgan fingerprint density at radius 2 is 2.00 bits per heavy atom. The number of aliphatic imine (C=N–C) groups is 1. The zero-order valence-corrected chi connectivity index (χ0v) is 14.2. The lowest BCUT2D eigenvalue weighted by Crippen LogP contribution is -2.43. The summed E-state index contributed by atoms with van der Waals surface area (Å²) in [6.07, 6.45) is 0.906. The summed E-state index contributed by atoms with van der Waals surface area (Å²) in [4.78, 5) is 18.6. The lowest BCUT2D eigenvalue weighted by atomic mass is 10.0. The number of hydrogen-bond donors (Lipinski definition) is 1. The molecule has 2 aromatic rings. The minimum absolute atomic E-state index is 0.208. The largest absolute Gasteiger partial charge is 0.367 e. The second-order valence-corrected chi connectivity index (χ2v) is 6.35. The molecule has 1 heterocycles. The van der Waals surface area contributed by atoms with E-state index in [2.05, 4.69) is 15.1 Å². The lowest BCUT2D eigenvalue weighted by Gasteiger charge is -2.33. The standard InChI is InChI=1S/C17H21N3O4/c1-5-13(23-16(2,3)4)17(22,18-11-21)15-19-14(20-24-15)12-9-7-6-8-10-12/h6-10,13,22H,5H2,1-4H3/t13?,17-/m0/s1. The van der Waals surface area contributed by atoms with Gasteiger partial charge in [-0.2, -0.15) is 9.98 Å². The van der Waals surface area contributed by atoms with E-state index in [1.54, 1.807) is 19.1 Å². The molecule has 0 aliphatic rings. The molecular formula is C17H21N3O4. The minimum atomic E-state index is -2.09. The number of ether oxygens (including phenoxy) is 1. The van der Waals surface area contributed by atoms with Crippen LogP contribution in [0.3, 0.4) is 0 Å². The maximum atomic E-state index is 10.9. The lowest BCUT2D eigenvalue weighted by molar-refractivity contribution is -0.170. The van der Waals surface area contributed by atoms with Crippen LogP contribution in [0.15, 0.2) is 39.8 Å². The van der Waals surface area contributed by atoms with Crippen molar-refractivity contribution < 1.29 is 19.2 Å². The van der Waals surface area contributed by atoms with Crippen molar-refractivity contribution in [2.45, 2.75) is 51.5 Å². The molecular weight excluding hydrogens is 310 g/mol. The van der Waals surface area contributed by atoms with Gasteiger partial charge < -0.3 is 14.4 Å². The van der Waals surface area contributed by atoms with Crippen molar-refractivity contribution in [3.05, 3.63) is 36.2 Å². The quantitative estimate of drug-likeness (QED) is 0.645. The van der Waals surface area contributed by atoms with Gasteiger partial charge in [0.2, 0.25) is 11.9 Å². The van der Waals surface area contributed by atoms with Gasteiger partial charge in [0.15, 0.2) is 0 Å². The Morgan fingerprint density at radius 3 is 2.54 bits per heavy atom. The highest BCUT2D eigenvalue weighted by molar-refractivity contribution is 5.53. The maximum Gasteiger partial charge on any atom is 0.285 e. The van der Waals surface area contributed by atoms with Crippen LogP contribution in [-0.2, 0) is 15.3 Å². The number of nitrogens with zero attached hydrogens (tertiary/aromatic N) is 3. The molecule has 128 valence electrons. The van der Waals surface area contributed by atoms with Crippen LogP contribution < -0.4 is 0 Å². The fraction of sp³-hybridized carbons (Fsp3) is 0.471. The Bertz CT molecular complexity index is 717. The molecule has 0 spiro atoms. The third-order valence-corrected chi connectivity index (χ3v) is 3.30. The summed E-state index contributed by atoms with van der Waals surface area (Å²) in [6, 6.07) is 9.14. The Morgan fingerprint density at radius 1 is 1.33 bits per heavy atom. The van der Waals surface area contributed by atoms with E-state index < -0.39 is 17.4 Å². The van der Waals surface area contributed by atoms with Crippen LogP contribution in [-0.4, -0.2) is 33.0 Å². The van der Waals surface area contributed by atoms with Crippen LogP contribution in [0.5, 0.6) is 0 Å². The topological polar surface area (TPSA) is 97.8 Å². The fourth-order valence-corrected chi connectivity index (χ4v) is 2.28. The van der Waals surface area contributed by atoms with Gasteiger partial charge in [-0.1, -0.05) is 42.4 Å². The van der Waals surface area contributed by atoms with E-state index in [1.165, 1.54) is 6.08 Å². The number of benzene rings is 1. The second-order valence-electron chi connectivity index (χ2n) is 6.35. The monoisotopic (exact) mass is 331 g/mol. The zero-order valence-electron chi connectivity index (χ0n) is 14.2. The molecule has 0 amide bonds. The van der Waals surface area contributed by atoms with Crippen molar-refractivity contribution in [1.82, 2.24) is 10.1 Å². The van der Waals surface area contributed by atoms with E-state index in [-0.39, 0.29) is 11.7 Å². The molecule has 0 saturated carbocycles. The number of carbonyl (C=O) groups excluding carboxylic acids is 1. The van der Waals surface area contributed by atoms with Gasteiger partial charge in [-0.05, 0) is 27.2 Å². The first kappa shape index (κ1) is 18.0. The van der Waals surface area contributed by atoms with Gasteiger partial charge in [0.1, 0.15) is 6.10 Å². The van der Waals surface area contributed by atoms with Gasteiger partial charge in [-0.15, -0.1) is 0 Å². The molecule has 0 radical (unpaired) electrons. The normalized spacial score (nSPS) is 15.4. The summed E-state index contributed by atoms with van der Waals surface area (Å²) in [6.45, 7) is 7.31. The van der Waals surface area contributed by atoms with Crippen LogP contribution in [0.2, 0.25) is 0 Å². The number of aliphatic hydroxyl groups is 1. The first-order valence-electron chi connectivity index (χ1n) is 7.69. The van der Waals surface area contributed by atoms with Crippen molar-refractivity contribution in [1.29, 1.82) is 0 Å². The summed E-state index contributed by atoms with van der Waals surface area (Å²) in [5, 5.41) is 14.8. The highest BCUT2D eigenvalue weighted by atomic mass is 16.5.